The number of hydrogen-bond donors (Lipinski definition) is 0. The number of nitrogens with zero attached hydrogens (tertiary/aromatic N) is 2. The zero-order valence-corrected chi connectivity index (χ0v) is 13.4. The number of aromatic nitrogens is 2. The molecule has 0 bridgehead atoms. The second-order valence-electron chi connectivity index (χ2n) is 4.45. The molecule has 4 nitrogen and oxygen atoms in total. The van der Waals surface area contributed by atoms with Gasteiger partial charge in [-0.05, 0) is 25.1 Å². The molecular weight excluding hydrogens is 308 g/mol. The summed E-state index contributed by atoms with van der Waals surface area (Å²) in [5, 5.41) is 2.50. The molecule has 108 valence electrons. The summed E-state index contributed by atoms with van der Waals surface area (Å²) in [5.41, 5.74) is 2.74. The van der Waals surface area contributed by atoms with Crippen molar-refractivity contribution in [3.63, 3.8) is 0 Å². The minimum atomic E-state index is 0.482. The Kier molecular flexibility index (Phi) is 3.69. The molecule has 6 heteroatoms. The number of hydrogen-bond acceptors (Lipinski definition) is 5. The molecule has 0 radical (unpaired) electrons. The first-order valence-electron chi connectivity index (χ1n) is 6.27. The average Bonchev–Trinajstić information content (AvgIpc) is 2.90. The Hall–Kier alpha value is -1.85. The Morgan fingerprint density at radius 1 is 1.10 bits per heavy atom. The number of halogens is 1. The molecule has 0 aliphatic rings. The third-order valence-corrected chi connectivity index (χ3v) is 4.54. The van der Waals surface area contributed by atoms with Crippen LogP contribution in [0.15, 0.2) is 23.6 Å². The molecule has 0 amide bonds. The van der Waals surface area contributed by atoms with Crippen LogP contribution in [-0.4, -0.2) is 24.2 Å². The van der Waals surface area contributed by atoms with Gasteiger partial charge in [0, 0.05) is 16.5 Å². The van der Waals surface area contributed by atoms with Crippen molar-refractivity contribution in [3.05, 3.63) is 34.6 Å². The van der Waals surface area contributed by atoms with Crippen LogP contribution in [0.5, 0.6) is 11.5 Å². The van der Waals surface area contributed by atoms with Gasteiger partial charge in [0.15, 0.2) is 5.15 Å². The Balaban J connectivity index is 2.30. The normalized spacial score (nSPS) is 10.9. The van der Waals surface area contributed by atoms with E-state index in [-0.39, 0.29) is 0 Å². The second kappa shape index (κ2) is 5.50. The Morgan fingerprint density at radius 3 is 2.62 bits per heavy atom. The van der Waals surface area contributed by atoms with Gasteiger partial charge in [-0.15, -0.1) is 11.3 Å². The fourth-order valence-electron chi connectivity index (χ4n) is 2.20. The summed E-state index contributed by atoms with van der Waals surface area (Å²) in [5.74, 6) is 2.18. The summed E-state index contributed by atoms with van der Waals surface area (Å²) >= 11 is 7.72. The molecule has 0 saturated heterocycles. The van der Waals surface area contributed by atoms with Crippen LogP contribution in [0.3, 0.4) is 0 Å². The maximum absolute atomic E-state index is 6.20. The first kappa shape index (κ1) is 14.1. The molecular formula is C15H13ClN2O2S. The number of aryl methyl sites for hydroxylation is 1. The SMILES string of the molecule is COc1ccc(OC)c(-c2csc3c(Cl)nc(C)nc23)c1. The molecule has 0 unspecified atom stereocenters. The monoisotopic (exact) mass is 320 g/mol. The summed E-state index contributed by atoms with van der Waals surface area (Å²) in [6.07, 6.45) is 0. The van der Waals surface area contributed by atoms with Crippen LogP contribution in [0.4, 0.5) is 0 Å². The summed E-state index contributed by atoms with van der Waals surface area (Å²) < 4.78 is 11.6. The van der Waals surface area contributed by atoms with Gasteiger partial charge in [0.2, 0.25) is 0 Å². The molecule has 0 atom stereocenters. The number of thiophene rings is 1. The van der Waals surface area contributed by atoms with Crippen LogP contribution in [0.25, 0.3) is 21.3 Å². The third kappa shape index (κ3) is 2.43. The van der Waals surface area contributed by atoms with E-state index in [2.05, 4.69) is 9.97 Å². The van der Waals surface area contributed by atoms with Gasteiger partial charge in [-0.25, -0.2) is 9.97 Å². The standard InChI is InChI=1S/C15H13ClN2O2S/c1-8-17-13-11(7-21-14(13)15(16)18-8)10-6-9(19-2)4-5-12(10)20-3/h4-7H,1-3H3. The van der Waals surface area contributed by atoms with E-state index in [4.69, 9.17) is 21.1 Å². The molecule has 2 aromatic heterocycles. The highest BCUT2D eigenvalue weighted by molar-refractivity contribution is 7.18. The lowest BCUT2D eigenvalue weighted by Crippen LogP contribution is -1.92. The van der Waals surface area contributed by atoms with Crippen LogP contribution in [0.2, 0.25) is 5.15 Å². The van der Waals surface area contributed by atoms with Crippen molar-refractivity contribution < 1.29 is 9.47 Å². The van der Waals surface area contributed by atoms with E-state index < -0.39 is 0 Å². The van der Waals surface area contributed by atoms with E-state index in [1.54, 1.807) is 14.2 Å². The highest BCUT2D eigenvalue weighted by Gasteiger charge is 2.16. The molecule has 2 heterocycles. The largest absolute Gasteiger partial charge is 0.497 e. The predicted molar refractivity (Wildman–Crippen MR) is 85.7 cm³/mol. The maximum atomic E-state index is 6.20. The first-order valence-corrected chi connectivity index (χ1v) is 7.53. The lowest BCUT2D eigenvalue weighted by atomic mass is 10.1. The number of rotatable bonds is 3. The van der Waals surface area contributed by atoms with Gasteiger partial charge in [0.1, 0.15) is 17.3 Å². The summed E-state index contributed by atoms with van der Waals surface area (Å²) in [6.45, 7) is 1.83. The molecule has 0 spiro atoms. The van der Waals surface area contributed by atoms with E-state index in [0.717, 1.165) is 32.8 Å². The Labute approximate surface area is 131 Å². The zero-order valence-electron chi connectivity index (χ0n) is 11.8. The lowest BCUT2D eigenvalue weighted by molar-refractivity contribution is 0.404. The van der Waals surface area contributed by atoms with Crippen molar-refractivity contribution >= 4 is 33.2 Å². The molecule has 0 saturated carbocycles. The molecule has 3 rings (SSSR count). The van der Waals surface area contributed by atoms with Gasteiger partial charge in [-0.3, -0.25) is 0 Å². The molecule has 21 heavy (non-hydrogen) atoms. The maximum Gasteiger partial charge on any atom is 0.150 e. The molecule has 0 N–H and O–H groups in total. The summed E-state index contributed by atoms with van der Waals surface area (Å²) in [7, 11) is 3.29. The number of benzene rings is 1. The van der Waals surface area contributed by atoms with Crippen molar-refractivity contribution in [3.8, 4) is 22.6 Å². The van der Waals surface area contributed by atoms with Crippen LogP contribution >= 0.6 is 22.9 Å². The van der Waals surface area contributed by atoms with Crippen LogP contribution in [0, 0.1) is 6.92 Å². The minimum Gasteiger partial charge on any atom is -0.497 e. The number of ether oxygens (including phenoxy) is 2. The van der Waals surface area contributed by atoms with Gasteiger partial charge in [0.25, 0.3) is 0 Å². The van der Waals surface area contributed by atoms with Crippen molar-refractivity contribution in [2.24, 2.45) is 0 Å². The van der Waals surface area contributed by atoms with E-state index in [1.807, 2.05) is 30.5 Å². The zero-order chi connectivity index (χ0) is 15.0. The van der Waals surface area contributed by atoms with E-state index in [0.29, 0.717) is 11.0 Å². The number of fused-ring (bicyclic) bond motifs is 1. The highest BCUT2D eigenvalue weighted by atomic mass is 35.5. The van der Waals surface area contributed by atoms with E-state index >= 15 is 0 Å². The van der Waals surface area contributed by atoms with Gasteiger partial charge in [-0.2, -0.15) is 0 Å². The van der Waals surface area contributed by atoms with Gasteiger partial charge in [0.05, 0.1) is 24.4 Å². The summed E-state index contributed by atoms with van der Waals surface area (Å²) in [4.78, 5) is 8.72. The third-order valence-electron chi connectivity index (χ3n) is 3.18. The topological polar surface area (TPSA) is 44.2 Å². The Morgan fingerprint density at radius 2 is 1.90 bits per heavy atom. The molecule has 0 aliphatic heterocycles. The van der Waals surface area contributed by atoms with E-state index in [9.17, 15) is 0 Å². The minimum absolute atomic E-state index is 0.482. The van der Waals surface area contributed by atoms with E-state index in [1.165, 1.54) is 11.3 Å². The van der Waals surface area contributed by atoms with Crippen molar-refractivity contribution in [2.75, 3.05) is 14.2 Å². The smallest absolute Gasteiger partial charge is 0.150 e. The lowest BCUT2D eigenvalue weighted by Gasteiger charge is -2.10. The molecule has 0 aliphatic carbocycles. The van der Waals surface area contributed by atoms with Crippen molar-refractivity contribution in [1.82, 2.24) is 9.97 Å². The number of methoxy groups -OCH3 is 2. The average molecular weight is 321 g/mol. The fourth-order valence-corrected chi connectivity index (χ4v) is 3.43. The quantitative estimate of drug-likeness (QED) is 0.673. The first-order chi connectivity index (χ1) is 10.1. The van der Waals surface area contributed by atoms with Crippen molar-refractivity contribution in [1.29, 1.82) is 0 Å². The van der Waals surface area contributed by atoms with Crippen LogP contribution < -0.4 is 9.47 Å². The van der Waals surface area contributed by atoms with Crippen LogP contribution in [-0.2, 0) is 0 Å². The predicted octanol–water partition coefficient (Wildman–Crippen LogP) is 4.34. The van der Waals surface area contributed by atoms with Gasteiger partial charge in [-0.1, -0.05) is 11.6 Å². The van der Waals surface area contributed by atoms with Gasteiger partial charge < -0.3 is 9.47 Å². The Bertz CT molecular complexity index is 817. The fraction of sp³-hybridized carbons (Fsp3) is 0.200. The highest BCUT2D eigenvalue weighted by Crippen LogP contribution is 2.41. The molecule has 3 aromatic rings. The van der Waals surface area contributed by atoms with Crippen LogP contribution in [0.1, 0.15) is 5.82 Å². The second-order valence-corrected chi connectivity index (χ2v) is 5.69. The van der Waals surface area contributed by atoms with Crippen molar-refractivity contribution in [2.45, 2.75) is 6.92 Å². The van der Waals surface area contributed by atoms with Gasteiger partial charge >= 0.3 is 0 Å². The molecule has 1 aromatic carbocycles. The summed E-state index contributed by atoms with van der Waals surface area (Å²) in [6, 6.07) is 5.68. The molecule has 0 fully saturated rings.